The molecule has 0 amide bonds. The normalized spacial score (nSPS) is 29.8. The molecule has 1 aliphatic heterocycles. The molecule has 2 N–H and O–H groups in total. The van der Waals surface area contributed by atoms with Gasteiger partial charge in [0.2, 0.25) is 0 Å². The molecule has 1 aliphatic rings. The maximum absolute atomic E-state index is 10.3. The van der Waals surface area contributed by atoms with Crippen LogP contribution >= 0.6 is 0 Å². The van der Waals surface area contributed by atoms with Gasteiger partial charge in [0.15, 0.2) is 0 Å². The Kier molecular flexibility index (Phi) is 3.33. The molecule has 90 valence electrons. The largest absolute Gasteiger partial charge is 0.386 e. The molecule has 0 radical (unpaired) electrons. The molecule has 1 aromatic heterocycles. The van der Waals surface area contributed by atoms with Crippen LogP contribution < -0.4 is 5.32 Å². The van der Waals surface area contributed by atoms with Crippen molar-refractivity contribution in [2.45, 2.75) is 31.6 Å². The molecule has 2 unspecified atom stereocenters. The first-order valence-electron chi connectivity index (χ1n) is 5.76. The molecular formula is C12H20N2O2. The zero-order valence-corrected chi connectivity index (χ0v) is 9.94. The topological polar surface area (TPSA) is 46.4 Å². The van der Waals surface area contributed by atoms with Gasteiger partial charge in [-0.05, 0) is 18.6 Å². The monoisotopic (exact) mass is 224 g/mol. The van der Waals surface area contributed by atoms with Crippen LogP contribution in [0, 0.1) is 0 Å². The van der Waals surface area contributed by atoms with E-state index < -0.39 is 5.60 Å². The minimum Gasteiger partial charge on any atom is -0.386 e. The summed E-state index contributed by atoms with van der Waals surface area (Å²) in [5, 5.41) is 13.5. The number of rotatable bonds is 4. The van der Waals surface area contributed by atoms with Crippen LogP contribution in [-0.4, -0.2) is 34.5 Å². The fourth-order valence-electron chi connectivity index (χ4n) is 2.09. The number of aryl methyl sites for hydroxylation is 1. The molecule has 1 fully saturated rings. The number of hydrogen-bond donors (Lipinski definition) is 2. The van der Waals surface area contributed by atoms with Gasteiger partial charge >= 0.3 is 0 Å². The maximum Gasteiger partial charge on any atom is 0.105 e. The van der Waals surface area contributed by atoms with Crippen LogP contribution in [0.5, 0.6) is 0 Å². The van der Waals surface area contributed by atoms with Crippen molar-refractivity contribution in [1.29, 1.82) is 0 Å². The predicted molar refractivity (Wildman–Crippen MR) is 62.1 cm³/mol. The van der Waals surface area contributed by atoms with E-state index in [1.54, 1.807) is 0 Å². The molecular weight excluding hydrogens is 204 g/mol. The van der Waals surface area contributed by atoms with Gasteiger partial charge in [-0.1, -0.05) is 0 Å². The van der Waals surface area contributed by atoms with Crippen LogP contribution in [0.15, 0.2) is 18.5 Å². The summed E-state index contributed by atoms with van der Waals surface area (Å²) >= 11 is 0. The molecule has 1 aromatic rings. The standard InChI is InChI=1S/C12H20N2O2/c1-10-12(15,4-6-16-10)9-13-7-11-3-5-14(2)8-11/h3,5,8,10,13,15H,4,6-7,9H2,1-2H3. The minimum absolute atomic E-state index is 0.0734. The van der Waals surface area contributed by atoms with Crippen molar-refractivity contribution in [3.8, 4) is 0 Å². The summed E-state index contributed by atoms with van der Waals surface area (Å²) in [6, 6.07) is 2.08. The van der Waals surface area contributed by atoms with Crippen LogP contribution in [0.3, 0.4) is 0 Å². The molecule has 1 saturated heterocycles. The molecule has 4 nitrogen and oxygen atoms in total. The Bertz CT molecular complexity index is 351. The lowest BCUT2D eigenvalue weighted by Crippen LogP contribution is -2.45. The third kappa shape index (κ3) is 2.45. The van der Waals surface area contributed by atoms with Gasteiger partial charge in [-0.2, -0.15) is 0 Å². The van der Waals surface area contributed by atoms with Gasteiger partial charge < -0.3 is 19.7 Å². The van der Waals surface area contributed by atoms with E-state index in [1.807, 2.05) is 24.7 Å². The van der Waals surface area contributed by atoms with Crippen LogP contribution in [0.4, 0.5) is 0 Å². The summed E-state index contributed by atoms with van der Waals surface area (Å²) in [4.78, 5) is 0. The van der Waals surface area contributed by atoms with E-state index in [-0.39, 0.29) is 6.10 Å². The van der Waals surface area contributed by atoms with Crippen molar-refractivity contribution in [3.05, 3.63) is 24.0 Å². The molecule has 0 saturated carbocycles. The summed E-state index contributed by atoms with van der Waals surface area (Å²) in [6.07, 6.45) is 4.74. The number of ether oxygens (including phenoxy) is 1. The van der Waals surface area contributed by atoms with Gasteiger partial charge in [-0.25, -0.2) is 0 Å². The number of hydrogen-bond acceptors (Lipinski definition) is 3. The van der Waals surface area contributed by atoms with E-state index >= 15 is 0 Å². The van der Waals surface area contributed by atoms with Crippen LogP contribution in [0.1, 0.15) is 18.9 Å². The van der Waals surface area contributed by atoms with Crippen LogP contribution in [-0.2, 0) is 18.3 Å². The van der Waals surface area contributed by atoms with Crippen molar-refractivity contribution in [3.63, 3.8) is 0 Å². The van der Waals surface area contributed by atoms with E-state index in [0.717, 1.165) is 13.0 Å². The highest BCUT2D eigenvalue weighted by Gasteiger charge is 2.38. The Morgan fingerprint density at radius 3 is 3.06 bits per heavy atom. The second kappa shape index (κ2) is 4.57. The van der Waals surface area contributed by atoms with Crippen molar-refractivity contribution >= 4 is 0 Å². The molecule has 2 rings (SSSR count). The van der Waals surface area contributed by atoms with Crippen molar-refractivity contribution in [2.24, 2.45) is 7.05 Å². The first-order valence-corrected chi connectivity index (χ1v) is 5.76. The van der Waals surface area contributed by atoms with Crippen molar-refractivity contribution in [2.75, 3.05) is 13.2 Å². The van der Waals surface area contributed by atoms with Gasteiger partial charge in [0.25, 0.3) is 0 Å². The SMILES string of the molecule is CC1OCCC1(O)CNCc1ccn(C)c1. The Morgan fingerprint density at radius 2 is 2.50 bits per heavy atom. The zero-order chi connectivity index (χ0) is 11.6. The summed E-state index contributed by atoms with van der Waals surface area (Å²) in [6.45, 7) is 3.96. The number of nitrogens with one attached hydrogen (secondary N) is 1. The third-order valence-electron chi connectivity index (χ3n) is 3.31. The minimum atomic E-state index is -0.700. The average molecular weight is 224 g/mol. The van der Waals surface area contributed by atoms with E-state index in [2.05, 4.69) is 17.6 Å². The summed E-state index contributed by atoms with van der Waals surface area (Å²) < 4.78 is 7.40. The third-order valence-corrected chi connectivity index (χ3v) is 3.31. The van der Waals surface area contributed by atoms with Gasteiger partial charge in [0.05, 0.1) is 6.10 Å². The molecule has 16 heavy (non-hydrogen) atoms. The van der Waals surface area contributed by atoms with Crippen LogP contribution in [0.2, 0.25) is 0 Å². The molecule has 2 heterocycles. The van der Waals surface area contributed by atoms with Gasteiger partial charge in [-0.15, -0.1) is 0 Å². The first-order chi connectivity index (χ1) is 7.60. The smallest absolute Gasteiger partial charge is 0.105 e. The fourth-order valence-corrected chi connectivity index (χ4v) is 2.09. The highest BCUT2D eigenvalue weighted by atomic mass is 16.5. The van der Waals surface area contributed by atoms with E-state index in [4.69, 9.17) is 4.74 Å². The lowest BCUT2D eigenvalue weighted by molar-refractivity contribution is -0.0262. The van der Waals surface area contributed by atoms with E-state index in [9.17, 15) is 5.11 Å². The quantitative estimate of drug-likeness (QED) is 0.789. The lowest BCUT2D eigenvalue weighted by Gasteiger charge is -2.26. The number of aliphatic hydroxyl groups is 1. The average Bonchev–Trinajstić information content (AvgIpc) is 2.76. The Morgan fingerprint density at radius 1 is 1.69 bits per heavy atom. The van der Waals surface area contributed by atoms with E-state index in [1.165, 1.54) is 5.56 Å². The molecule has 2 atom stereocenters. The highest BCUT2D eigenvalue weighted by Crippen LogP contribution is 2.24. The predicted octanol–water partition coefficient (Wildman–Crippen LogP) is 0.655. The van der Waals surface area contributed by atoms with Crippen molar-refractivity contribution < 1.29 is 9.84 Å². The van der Waals surface area contributed by atoms with Gasteiger partial charge in [0, 0.05) is 45.6 Å². The molecule has 0 aliphatic carbocycles. The van der Waals surface area contributed by atoms with E-state index in [0.29, 0.717) is 13.2 Å². The van der Waals surface area contributed by atoms with Crippen molar-refractivity contribution in [1.82, 2.24) is 9.88 Å². The first kappa shape index (κ1) is 11.6. The molecule has 0 aromatic carbocycles. The Hall–Kier alpha value is -0.840. The molecule has 0 bridgehead atoms. The van der Waals surface area contributed by atoms with Gasteiger partial charge in [-0.3, -0.25) is 0 Å². The second-order valence-electron chi connectivity index (χ2n) is 4.66. The fraction of sp³-hybridized carbons (Fsp3) is 0.667. The maximum atomic E-state index is 10.3. The zero-order valence-electron chi connectivity index (χ0n) is 9.94. The Labute approximate surface area is 96.2 Å². The van der Waals surface area contributed by atoms with Crippen LogP contribution in [0.25, 0.3) is 0 Å². The summed E-state index contributed by atoms with van der Waals surface area (Å²) in [5.41, 5.74) is 0.534. The summed E-state index contributed by atoms with van der Waals surface area (Å²) in [7, 11) is 2.00. The summed E-state index contributed by atoms with van der Waals surface area (Å²) in [5.74, 6) is 0. The Balaban J connectivity index is 1.79. The number of aromatic nitrogens is 1. The highest BCUT2D eigenvalue weighted by molar-refractivity contribution is 5.09. The molecule has 0 spiro atoms. The van der Waals surface area contributed by atoms with Gasteiger partial charge in [0.1, 0.15) is 5.60 Å². The lowest BCUT2D eigenvalue weighted by atomic mass is 9.97. The number of nitrogens with zero attached hydrogens (tertiary/aromatic N) is 1. The molecule has 4 heteroatoms. The second-order valence-corrected chi connectivity index (χ2v) is 4.66.